The van der Waals surface area contributed by atoms with Crippen molar-refractivity contribution in [3.8, 4) is 0 Å². The third kappa shape index (κ3) is 2.64. The summed E-state index contributed by atoms with van der Waals surface area (Å²) in [6, 6.07) is 2.27. The zero-order valence-corrected chi connectivity index (χ0v) is 10.3. The van der Waals surface area contributed by atoms with Gasteiger partial charge < -0.3 is 5.73 Å². The first kappa shape index (κ1) is 11.6. The fourth-order valence-electron chi connectivity index (χ4n) is 2.77. The van der Waals surface area contributed by atoms with Gasteiger partial charge in [-0.3, -0.25) is 4.68 Å². The summed E-state index contributed by atoms with van der Waals surface area (Å²) in [5, 5.41) is 4.54. The van der Waals surface area contributed by atoms with E-state index < -0.39 is 0 Å². The second kappa shape index (κ2) is 5.48. The third-order valence-corrected chi connectivity index (χ3v) is 3.64. The van der Waals surface area contributed by atoms with Crippen LogP contribution in [0.4, 0.5) is 0 Å². The van der Waals surface area contributed by atoms with Gasteiger partial charge in [0, 0.05) is 25.1 Å². The molecule has 1 aromatic rings. The largest absolute Gasteiger partial charge is 0.330 e. The van der Waals surface area contributed by atoms with Crippen LogP contribution in [0.2, 0.25) is 0 Å². The van der Waals surface area contributed by atoms with E-state index in [1.165, 1.54) is 44.2 Å². The van der Waals surface area contributed by atoms with Crippen molar-refractivity contribution < 1.29 is 0 Å². The van der Waals surface area contributed by atoms with Crippen LogP contribution in [0.3, 0.4) is 0 Å². The molecule has 3 heteroatoms. The van der Waals surface area contributed by atoms with Crippen molar-refractivity contribution in [2.24, 2.45) is 12.8 Å². The predicted molar refractivity (Wildman–Crippen MR) is 66.4 cm³/mol. The van der Waals surface area contributed by atoms with Gasteiger partial charge in [-0.1, -0.05) is 25.7 Å². The van der Waals surface area contributed by atoms with E-state index in [9.17, 15) is 0 Å². The van der Waals surface area contributed by atoms with E-state index in [1.807, 2.05) is 0 Å². The summed E-state index contributed by atoms with van der Waals surface area (Å²) >= 11 is 0. The van der Waals surface area contributed by atoms with Gasteiger partial charge >= 0.3 is 0 Å². The van der Waals surface area contributed by atoms with Crippen LogP contribution in [0.5, 0.6) is 0 Å². The van der Waals surface area contributed by atoms with Crippen LogP contribution in [0, 0.1) is 0 Å². The van der Waals surface area contributed by atoms with E-state index in [0.29, 0.717) is 6.54 Å². The lowest BCUT2D eigenvalue weighted by Crippen LogP contribution is -2.05. The Labute approximate surface area is 98.0 Å². The van der Waals surface area contributed by atoms with Crippen molar-refractivity contribution in [1.82, 2.24) is 9.78 Å². The van der Waals surface area contributed by atoms with Crippen LogP contribution < -0.4 is 5.73 Å². The van der Waals surface area contributed by atoms with Crippen molar-refractivity contribution in [2.75, 3.05) is 6.54 Å². The molecule has 0 aromatic carbocycles. The Bertz CT molecular complexity index is 322. The number of hydrogen-bond donors (Lipinski definition) is 1. The SMILES string of the molecule is Cn1nc(CCN)cc1C1CCCCCC1. The third-order valence-electron chi connectivity index (χ3n) is 3.64. The molecule has 0 unspecified atom stereocenters. The molecule has 1 aromatic heterocycles. The fourth-order valence-corrected chi connectivity index (χ4v) is 2.77. The Kier molecular flexibility index (Phi) is 3.99. The molecule has 16 heavy (non-hydrogen) atoms. The Morgan fingerprint density at radius 3 is 2.62 bits per heavy atom. The monoisotopic (exact) mass is 221 g/mol. The molecule has 0 radical (unpaired) electrons. The van der Waals surface area contributed by atoms with Gasteiger partial charge in [-0.05, 0) is 25.5 Å². The maximum absolute atomic E-state index is 5.57. The van der Waals surface area contributed by atoms with E-state index in [-0.39, 0.29) is 0 Å². The Balaban J connectivity index is 2.11. The van der Waals surface area contributed by atoms with Gasteiger partial charge in [0.1, 0.15) is 0 Å². The van der Waals surface area contributed by atoms with Crippen LogP contribution in [-0.2, 0) is 13.5 Å². The molecule has 0 amide bonds. The molecule has 1 fully saturated rings. The van der Waals surface area contributed by atoms with Crippen molar-refractivity contribution in [1.29, 1.82) is 0 Å². The van der Waals surface area contributed by atoms with Crippen molar-refractivity contribution in [2.45, 2.75) is 50.9 Å². The first-order valence-corrected chi connectivity index (χ1v) is 6.54. The standard InChI is InChI=1S/C13H23N3/c1-16-13(10-12(15-16)8-9-14)11-6-4-2-3-5-7-11/h10-11H,2-9,14H2,1H3. The number of nitrogens with two attached hydrogens (primary N) is 1. The van der Waals surface area contributed by atoms with Gasteiger partial charge in [-0.2, -0.15) is 5.10 Å². The smallest absolute Gasteiger partial charge is 0.0640 e. The Hall–Kier alpha value is -0.830. The van der Waals surface area contributed by atoms with Gasteiger partial charge in [0.25, 0.3) is 0 Å². The van der Waals surface area contributed by atoms with Crippen molar-refractivity contribution in [3.63, 3.8) is 0 Å². The van der Waals surface area contributed by atoms with Gasteiger partial charge in [0.05, 0.1) is 5.69 Å². The molecule has 1 heterocycles. The highest BCUT2D eigenvalue weighted by Crippen LogP contribution is 2.31. The normalized spacial score (nSPS) is 18.6. The second-order valence-electron chi connectivity index (χ2n) is 4.91. The van der Waals surface area contributed by atoms with Crippen LogP contribution in [-0.4, -0.2) is 16.3 Å². The molecular formula is C13H23N3. The minimum Gasteiger partial charge on any atom is -0.330 e. The van der Waals surface area contributed by atoms with Gasteiger partial charge in [0.2, 0.25) is 0 Å². The number of rotatable bonds is 3. The van der Waals surface area contributed by atoms with Gasteiger partial charge in [0.15, 0.2) is 0 Å². The molecule has 1 aliphatic carbocycles. The molecule has 0 spiro atoms. The van der Waals surface area contributed by atoms with Gasteiger partial charge in [-0.25, -0.2) is 0 Å². The van der Waals surface area contributed by atoms with Gasteiger partial charge in [-0.15, -0.1) is 0 Å². The summed E-state index contributed by atoms with van der Waals surface area (Å²) in [7, 11) is 2.07. The van der Waals surface area contributed by atoms with E-state index in [0.717, 1.165) is 18.0 Å². The highest BCUT2D eigenvalue weighted by Gasteiger charge is 2.18. The highest BCUT2D eigenvalue weighted by molar-refractivity contribution is 5.15. The molecule has 0 aliphatic heterocycles. The lowest BCUT2D eigenvalue weighted by Gasteiger charge is -2.13. The molecular weight excluding hydrogens is 198 g/mol. The lowest BCUT2D eigenvalue weighted by molar-refractivity contribution is 0.540. The zero-order valence-electron chi connectivity index (χ0n) is 10.3. The summed E-state index contributed by atoms with van der Waals surface area (Å²) in [5.41, 5.74) is 8.15. The molecule has 1 saturated carbocycles. The van der Waals surface area contributed by atoms with E-state index in [1.54, 1.807) is 0 Å². The van der Waals surface area contributed by atoms with E-state index in [2.05, 4.69) is 22.9 Å². The summed E-state index contributed by atoms with van der Waals surface area (Å²) in [5.74, 6) is 0.728. The summed E-state index contributed by atoms with van der Waals surface area (Å²) in [6.45, 7) is 0.696. The minimum atomic E-state index is 0.696. The minimum absolute atomic E-state index is 0.696. The molecule has 2 N–H and O–H groups in total. The summed E-state index contributed by atoms with van der Waals surface area (Å²) in [4.78, 5) is 0. The lowest BCUT2D eigenvalue weighted by atomic mass is 9.96. The summed E-state index contributed by atoms with van der Waals surface area (Å²) < 4.78 is 2.07. The molecule has 0 bridgehead atoms. The quantitative estimate of drug-likeness (QED) is 0.796. The number of hydrogen-bond acceptors (Lipinski definition) is 2. The molecule has 90 valence electrons. The van der Waals surface area contributed by atoms with E-state index in [4.69, 9.17) is 5.73 Å². The fraction of sp³-hybridized carbons (Fsp3) is 0.769. The van der Waals surface area contributed by atoms with Crippen LogP contribution in [0.1, 0.15) is 55.8 Å². The van der Waals surface area contributed by atoms with Crippen LogP contribution in [0.15, 0.2) is 6.07 Å². The molecule has 3 nitrogen and oxygen atoms in total. The average Bonchev–Trinajstić information content (AvgIpc) is 2.52. The maximum Gasteiger partial charge on any atom is 0.0640 e. The topological polar surface area (TPSA) is 43.8 Å². The van der Waals surface area contributed by atoms with Crippen LogP contribution >= 0.6 is 0 Å². The highest BCUT2D eigenvalue weighted by atomic mass is 15.3. The average molecular weight is 221 g/mol. The Morgan fingerprint density at radius 2 is 2.00 bits per heavy atom. The van der Waals surface area contributed by atoms with Crippen molar-refractivity contribution >= 4 is 0 Å². The summed E-state index contributed by atoms with van der Waals surface area (Å²) in [6.07, 6.45) is 9.14. The van der Waals surface area contributed by atoms with Crippen molar-refractivity contribution in [3.05, 3.63) is 17.5 Å². The molecule has 1 aliphatic rings. The molecule has 2 rings (SSSR count). The van der Waals surface area contributed by atoms with Crippen LogP contribution in [0.25, 0.3) is 0 Å². The number of aryl methyl sites for hydroxylation is 1. The van der Waals surface area contributed by atoms with E-state index >= 15 is 0 Å². The maximum atomic E-state index is 5.57. The first-order valence-electron chi connectivity index (χ1n) is 6.54. The number of nitrogens with zero attached hydrogens (tertiary/aromatic N) is 2. The molecule has 0 saturated heterocycles. The first-order chi connectivity index (χ1) is 7.81. The molecule has 0 atom stereocenters. The zero-order chi connectivity index (χ0) is 11.4. The number of aromatic nitrogens is 2. The predicted octanol–water partition coefficient (Wildman–Crippen LogP) is 2.36. The Morgan fingerprint density at radius 1 is 1.31 bits per heavy atom. The second-order valence-corrected chi connectivity index (χ2v) is 4.91.